The van der Waals surface area contributed by atoms with E-state index >= 15 is 0 Å². The third-order valence-corrected chi connectivity index (χ3v) is 3.88. The second kappa shape index (κ2) is 6.54. The third-order valence-electron chi connectivity index (χ3n) is 3.88. The number of hydrogen-bond acceptors (Lipinski definition) is 4. The summed E-state index contributed by atoms with van der Waals surface area (Å²) in [7, 11) is 0. The Kier molecular flexibility index (Phi) is 4.29. The van der Waals surface area contributed by atoms with Gasteiger partial charge in [0.2, 0.25) is 0 Å². The van der Waals surface area contributed by atoms with Gasteiger partial charge in [-0.15, -0.1) is 5.10 Å². The zero-order chi connectivity index (χ0) is 17.1. The van der Waals surface area contributed by atoms with Crippen LogP contribution in [-0.2, 0) is 6.42 Å². The topological polar surface area (TPSA) is 85.8 Å². The van der Waals surface area contributed by atoms with E-state index in [4.69, 9.17) is 5.73 Å². The highest BCUT2D eigenvalue weighted by Gasteiger charge is 2.19. The Morgan fingerprint density at radius 2 is 1.88 bits per heavy atom. The molecule has 1 aromatic heterocycles. The largest absolute Gasteiger partial charge is 0.382 e. The number of anilines is 2. The van der Waals surface area contributed by atoms with E-state index in [1.54, 1.807) is 0 Å². The molecule has 3 N–H and O–H groups in total. The van der Waals surface area contributed by atoms with Gasteiger partial charge in [-0.2, -0.15) is 4.68 Å². The minimum Gasteiger partial charge on any atom is -0.382 e. The summed E-state index contributed by atoms with van der Waals surface area (Å²) in [5.41, 5.74) is 9.89. The average molecular weight is 321 g/mol. The van der Waals surface area contributed by atoms with Crippen molar-refractivity contribution in [2.45, 2.75) is 20.3 Å². The molecule has 0 aliphatic rings. The predicted molar refractivity (Wildman–Crippen MR) is 94.3 cm³/mol. The van der Waals surface area contributed by atoms with Crippen LogP contribution >= 0.6 is 0 Å². The molecule has 6 heteroatoms. The fraction of sp³-hybridized carbons (Fsp3) is 0.167. The molecule has 6 nitrogen and oxygen atoms in total. The molecule has 2 aromatic carbocycles. The lowest BCUT2D eigenvalue weighted by Crippen LogP contribution is -2.15. The van der Waals surface area contributed by atoms with Gasteiger partial charge in [0, 0.05) is 5.69 Å². The molecule has 122 valence electrons. The number of carbonyl (C=O) groups is 1. The lowest BCUT2D eigenvalue weighted by Gasteiger charge is -2.07. The molecule has 0 aliphatic heterocycles. The van der Waals surface area contributed by atoms with Gasteiger partial charge in [-0.1, -0.05) is 42.5 Å². The fourth-order valence-electron chi connectivity index (χ4n) is 2.44. The number of aryl methyl sites for hydroxylation is 2. The van der Waals surface area contributed by atoms with Crippen LogP contribution in [0.3, 0.4) is 0 Å². The Bertz CT molecular complexity index is 867. The molecular weight excluding hydrogens is 302 g/mol. The lowest BCUT2D eigenvalue weighted by atomic mass is 10.1. The maximum Gasteiger partial charge on any atom is 0.280 e. The normalized spacial score (nSPS) is 10.6. The summed E-state index contributed by atoms with van der Waals surface area (Å²) in [6.07, 6.45) is 0.950. The summed E-state index contributed by atoms with van der Waals surface area (Å²) >= 11 is 0. The van der Waals surface area contributed by atoms with Crippen LogP contribution in [-0.4, -0.2) is 20.9 Å². The number of nitrogens with zero attached hydrogens (tertiary/aromatic N) is 3. The zero-order valence-electron chi connectivity index (χ0n) is 13.7. The molecule has 0 fully saturated rings. The number of benzene rings is 2. The van der Waals surface area contributed by atoms with Crippen molar-refractivity contribution in [3.63, 3.8) is 0 Å². The number of nitrogens with two attached hydrogens (primary N) is 1. The molecule has 0 bridgehead atoms. The first-order valence-electron chi connectivity index (χ1n) is 7.77. The number of para-hydroxylation sites is 1. The van der Waals surface area contributed by atoms with Crippen molar-refractivity contribution in [3.05, 3.63) is 65.4 Å². The second-order valence-corrected chi connectivity index (χ2v) is 5.53. The van der Waals surface area contributed by atoms with Crippen molar-refractivity contribution in [1.82, 2.24) is 15.0 Å². The van der Waals surface area contributed by atoms with Crippen LogP contribution in [0.15, 0.2) is 48.5 Å². The number of nitrogen functional groups attached to an aromatic ring is 1. The van der Waals surface area contributed by atoms with Crippen LogP contribution in [0, 0.1) is 6.92 Å². The first-order valence-corrected chi connectivity index (χ1v) is 7.77. The maximum absolute atomic E-state index is 12.4. The summed E-state index contributed by atoms with van der Waals surface area (Å²) in [5, 5.41) is 10.8. The Hall–Kier alpha value is -3.15. The van der Waals surface area contributed by atoms with E-state index in [9.17, 15) is 4.79 Å². The van der Waals surface area contributed by atoms with Crippen LogP contribution in [0.25, 0.3) is 5.69 Å². The number of nitrogens with one attached hydrogen (secondary N) is 1. The summed E-state index contributed by atoms with van der Waals surface area (Å²) in [4.78, 5) is 12.4. The SMILES string of the molecule is CCc1ccc(NC(=O)c2nnn(-c3ccccc3C)c2N)cc1. The van der Waals surface area contributed by atoms with Crippen molar-refractivity contribution in [3.8, 4) is 5.69 Å². The standard InChI is InChI=1S/C18H19N5O/c1-3-13-8-10-14(11-9-13)20-18(24)16-17(19)23(22-21-16)15-7-5-4-6-12(15)2/h4-11H,3,19H2,1-2H3,(H,20,24). The van der Waals surface area contributed by atoms with Gasteiger partial charge in [0.1, 0.15) is 0 Å². The number of amides is 1. The average Bonchev–Trinajstić information content (AvgIpc) is 2.97. The van der Waals surface area contributed by atoms with Gasteiger partial charge in [0.05, 0.1) is 5.69 Å². The number of hydrogen-bond donors (Lipinski definition) is 2. The van der Waals surface area contributed by atoms with Gasteiger partial charge < -0.3 is 11.1 Å². The van der Waals surface area contributed by atoms with Gasteiger partial charge >= 0.3 is 0 Å². The number of carbonyl (C=O) groups excluding carboxylic acids is 1. The molecule has 0 saturated heterocycles. The Morgan fingerprint density at radius 1 is 1.17 bits per heavy atom. The molecule has 0 unspecified atom stereocenters. The molecule has 0 spiro atoms. The highest BCUT2D eigenvalue weighted by molar-refractivity contribution is 6.05. The molecule has 24 heavy (non-hydrogen) atoms. The van der Waals surface area contributed by atoms with Gasteiger partial charge in [0.15, 0.2) is 11.5 Å². The Morgan fingerprint density at radius 3 is 2.54 bits per heavy atom. The van der Waals surface area contributed by atoms with E-state index in [1.165, 1.54) is 10.2 Å². The highest BCUT2D eigenvalue weighted by atomic mass is 16.2. The van der Waals surface area contributed by atoms with Crippen LogP contribution in [0.4, 0.5) is 11.5 Å². The van der Waals surface area contributed by atoms with Crippen LogP contribution in [0.1, 0.15) is 28.5 Å². The van der Waals surface area contributed by atoms with E-state index < -0.39 is 0 Å². The second-order valence-electron chi connectivity index (χ2n) is 5.53. The van der Waals surface area contributed by atoms with Crippen molar-refractivity contribution in [2.75, 3.05) is 11.1 Å². The van der Waals surface area contributed by atoms with Crippen LogP contribution in [0.5, 0.6) is 0 Å². The smallest absolute Gasteiger partial charge is 0.280 e. The van der Waals surface area contributed by atoms with E-state index in [1.807, 2.05) is 55.5 Å². The molecule has 3 aromatic rings. The molecule has 1 amide bonds. The Balaban J connectivity index is 1.85. The molecule has 0 aliphatic carbocycles. The zero-order valence-corrected chi connectivity index (χ0v) is 13.7. The van der Waals surface area contributed by atoms with Gasteiger partial charge in [-0.05, 0) is 42.7 Å². The number of rotatable bonds is 4. The monoisotopic (exact) mass is 321 g/mol. The van der Waals surface area contributed by atoms with Gasteiger partial charge in [-0.3, -0.25) is 4.79 Å². The molecule has 0 radical (unpaired) electrons. The quantitative estimate of drug-likeness (QED) is 0.773. The minimum atomic E-state index is -0.378. The van der Waals surface area contributed by atoms with Crippen molar-refractivity contribution < 1.29 is 4.79 Å². The van der Waals surface area contributed by atoms with E-state index in [2.05, 4.69) is 22.6 Å². The Labute approximate surface area is 140 Å². The minimum absolute atomic E-state index is 0.109. The predicted octanol–water partition coefficient (Wildman–Crippen LogP) is 2.97. The molecule has 3 rings (SSSR count). The molecule has 0 atom stereocenters. The van der Waals surface area contributed by atoms with Crippen LogP contribution in [0.2, 0.25) is 0 Å². The number of aromatic nitrogens is 3. The van der Waals surface area contributed by atoms with Crippen molar-refractivity contribution in [2.24, 2.45) is 0 Å². The summed E-state index contributed by atoms with van der Waals surface area (Å²) in [5.74, 6) is -0.163. The lowest BCUT2D eigenvalue weighted by molar-refractivity contribution is 0.102. The van der Waals surface area contributed by atoms with Crippen molar-refractivity contribution >= 4 is 17.4 Å². The van der Waals surface area contributed by atoms with E-state index in [0.717, 1.165) is 17.7 Å². The van der Waals surface area contributed by atoms with Gasteiger partial charge in [-0.25, -0.2) is 0 Å². The summed E-state index contributed by atoms with van der Waals surface area (Å²) in [6.45, 7) is 4.03. The van der Waals surface area contributed by atoms with Crippen LogP contribution < -0.4 is 11.1 Å². The third kappa shape index (κ3) is 2.99. The van der Waals surface area contributed by atoms with Crippen molar-refractivity contribution in [1.29, 1.82) is 0 Å². The van der Waals surface area contributed by atoms with E-state index in [-0.39, 0.29) is 17.4 Å². The van der Waals surface area contributed by atoms with Gasteiger partial charge in [0.25, 0.3) is 5.91 Å². The molecular formula is C18H19N5O. The molecule has 0 saturated carbocycles. The first kappa shape index (κ1) is 15.7. The van der Waals surface area contributed by atoms with E-state index in [0.29, 0.717) is 5.69 Å². The molecule has 1 heterocycles. The first-order chi connectivity index (χ1) is 11.6. The summed E-state index contributed by atoms with van der Waals surface area (Å²) < 4.78 is 1.48. The maximum atomic E-state index is 12.4. The fourth-order valence-corrected chi connectivity index (χ4v) is 2.44. The highest BCUT2D eigenvalue weighted by Crippen LogP contribution is 2.19. The summed E-state index contributed by atoms with van der Waals surface area (Å²) in [6, 6.07) is 15.3.